The highest BCUT2D eigenvalue weighted by molar-refractivity contribution is 7.84. The smallest absolute Gasteiger partial charge is 0.233 e. The predicted octanol–water partition coefficient (Wildman–Crippen LogP) is 2.46. The van der Waals surface area contributed by atoms with E-state index >= 15 is 0 Å². The number of rotatable bonds is 6. The number of aryl methyl sites for hydroxylation is 2. The van der Waals surface area contributed by atoms with Gasteiger partial charge in [0.25, 0.3) is 0 Å². The minimum absolute atomic E-state index is 0.00803. The van der Waals surface area contributed by atoms with Gasteiger partial charge in [-0.05, 0) is 37.1 Å². The van der Waals surface area contributed by atoms with Crippen LogP contribution in [0.25, 0.3) is 0 Å². The summed E-state index contributed by atoms with van der Waals surface area (Å²) in [6, 6.07) is 9.61. The lowest BCUT2D eigenvalue weighted by Crippen LogP contribution is -2.28. The fraction of sp³-hybridized carbons (Fsp3) is 0.312. The number of benzene rings is 1. The molecule has 0 aliphatic rings. The molecule has 0 bridgehead atoms. The molecule has 2 aromatic rings. The molecule has 0 unspecified atom stereocenters. The SMILES string of the molecule is Cc1ccc(C)c(C[S@](=O)CC(=O)NCc2ccco2)c1. The summed E-state index contributed by atoms with van der Waals surface area (Å²) in [4.78, 5) is 11.7. The van der Waals surface area contributed by atoms with Gasteiger partial charge in [0.2, 0.25) is 5.91 Å². The summed E-state index contributed by atoms with van der Waals surface area (Å²) in [5, 5.41) is 2.70. The molecule has 0 saturated carbocycles. The minimum atomic E-state index is -1.21. The summed E-state index contributed by atoms with van der Waals surface area (Å²) in [5.41, 5.74) is 3.27. The van der Waals surface area contributed by atoms with E-state index in [1.165, 1.54) is 0 Å². The second kappa shape index (κ2) is 7.22. The van der Waals surface area contributed by atoms with Crippen molar-refractivity contribution in [2.75, 3.05) is 5.75 Å². The van der Waals surface area contributed by atoms with Crippen LogP contribution >= 0.6 is 0 Å². The Morgan fingerprint density at radius 2 is 2.10 bits per heavy atom. The summed E-state index contributed by atoms with van der Waals surface area (Å²) in [6.07, 6.45) is 1.56. The summed E-state index contributed by atoms with van der Waals surface area (Å²) in [5.74, 6) is 0.870. The van der Waals surface area contributed by atoms with Gasteiger partial charge in [0.15, 0.2) is 0 Å². The maximum atomic E-state index is 12.1. The molecule has 1 aromatic heterocycles. The van der Waals surface area contributed by atoms with Crippen molar-refractivity contribution in [2.45, 2.75) is 26.1 Å². The first-order valence-electron chi connectivity index (χ1n) is 6.75. The Kier molecular flexibility index (Phi) is 5.33. The lowest BCUT2D eigenvalue weighted by Gasteiger charge is -2.07. The van der Waals surface area contributed by atoms with Crippen LogP contribution in [0.5, 0.6) is 0 Å². The highest BCUT2D eigenvalue weighted by atomic mass is 32.2. The van der Waals surface area contributed by atoms with Crippen molar-refractivity contribution in [1.29, 1.82) is 0 Å². The van der Waals surface area contributed by atoms with Crippen molar-refractivity contribution in [3.8, 4) is 0 Å². The van der Waals surface area contributed by atoms with Gasteiger partial charge in [-0.2, -0.15) is 0 Å². The van der Waals surface area contributed by atoms with Crippen LogP contribution in [-0.2, 0) is 27.9 Å². The van der Waals surface area contributed by atoms with Crippen molar-refractivity contribution >= 4 is 16.7 Å². The number of amides is 1. The molecule has 0 aliphatic carbocycles. The normalized spacial score (nSPS) is 12.1. The van der Waals surface area contributed by atoms with Crippen molar-refractivity contribution in [2.24, 2.45) is 0 Å². The second-order valence-electron chi connectivity index (χ2n) is 5.01. The van der Waals surface area contributed by atoms with Gasteiger partial charge in [-0.3, -0.25) is 9.00 Å². The number of nitrogens with one attached hydrogen (secondary N) is 1. The average Bonchev–Trinajstić information content (AvgIpc) is 2.94. The first-order chi connectivity index (χ1) is 10.0. The van der Waals surface area contributed by atoms with Gasteiger partial charge >= 0.3 is 0 Å². The Labute approximate surface area is 127 Å². The quantitative estimate of drug-likeness (QED) is 0.892. The zero-order valence-electron chi connectivity index (χ0n) is 12.2. The number of hydrogen-bond donors (Lipinski definition) is 1. The first kappa shape index (κ1) is 15.5. The fourth-order valence-electron chi connectivity index (χ4n) is 1.98. The number of furan rings is 1. The Balaban J connectivity index is 1.83. The predicted molar refractivity (Wildman–Crippen MR) is 83.2 cm³/mol. The van der Waals surface area contributed by atoms with Gasteiger partial charge in [-0.15, -0.1) is 0 Å². The van der Waals surface area contributed by atoms with Crippen LogP contribution < -0.4 is 5.32 Å². The maximum absolute atomic E-state index is 12.1. The van der Waals surface area contributed by atoms with Crippen molar-refractivity contribution < 1.29 is 13.4 Å². The zero-order valence-corrected chi connectivity index (χ0v) is 13.0. The Hall–Kier alpha value is -1.88. The monoisotopic (exact) mass is 305 g/mol. The second-order valence-corrected chi connectivity index (χ2v) is 6.47. The van der Waals surface area contributed by atoms with E-state index in [2.05, 4.69) is 5.32 Å². The molecular weight excluding hydrogens is 286 g/mol. The molecule has 2 rings (SSSR count). The summed E-state index contributed by atoms with van der Waals surface area (Å²) < 4.78 is 17.2. The molecule has 0 aliphatic heterocycles. The molecule has 1 atom stereocenters. The molecule has 1 amide bonds. The van der Waals surface area contributed by atoms with Crippen molar-refractivity contribution in [1.82, 2.24) is 5.32 Å². The highest BCUT2D eigenvalue weighted by Gasteiger charge is 2.10. The van der Waals surface area contributed by atoms with Crippen LogP contribution in [0.2, 0.25) is 0 Å². The molecular formula is C16H19NO3S. The molecule has 0 saturated heterocycles. The molecule has 4 nitrogen and oxygen atoms in total. The topological polar surface area (TPSA) is 59.3 Å². The molecule has 0 spiro atoms. The fourth-order valence-corrected chi connectivity index (χ4v) is 3.13. The van der Waals surface area contributed by atoms with Crippen LogP contribution in [0.15, 0.2) is 41.0 Å². The number of carbonyl (C=O) groups excluding carboxylic acids is 1. The number of hydrogen-bond acceptors (Lipinski definition) is 3. The summed E-state index contributed by atoms with van der Waals surface area (Å²) in [7, 11) is -1.21. The van der Waals surface area contributed by atoms with E-state index in [1.807, 2.05) is 32.0 Å². The van der Waals surface area contributed by atoms with E-state index in [-0.39, 0.29) is 11.7 Å². The number of carbonyl (C=O) groups is 1. The van der Waals surface area contributed by atoms with Gasteiger partial charge in [0.1, 0.15) is 11.5 Å². The molecule has 21 heavy (non-hydrogen) atoms. The molecule has 0 fully saturated rings. The zero-order chi connectivity index (χ0) is 15.2. The van der Waals surface area contributed by atoms with Gasteiger partial charge in [-0.25, -0.2) is 0 Å². The Morgan fingerprint density at radius 3 is 2.81 bits per heavy atom. The molecule has 5 heteroatoms. The third kappa shape index (κ3) is 4.86. The summed E-state index contributed by atoms with van der Waals surface area (Å²) in [6.45, 7) is 4.32. The van der Waals surface area contributed by atoms with E-state index in [0.29, 0.717) is 18.1 Å². The van der Waals surface area contributed by atoms with Crippen molar-refractivity contribution in [3.05, 3.63) is 59.0 Å². The lowest BCUT2D eigenvalue weighted by molar-refractivity contribution is -0.118. The molecule has 1 heterocycles. The molecule has 1 aromatic carbocycles. The molecule has 1 N–H and O–H groups in total. The van der Waals surface area contributed by atoms with E-state index in [9.17, 15) is 9.00 Å². The van der Waals surface area contributed by atoms with Crippen LogP contribution in [0.1, 0.15) is 22.5 Å². The van der Waals surface area contributed by atoms with Gasteiger partial charge in [0.05, 0.1) is 12.8 Å². The average molecular weight is 305 g/mol. The maximum Gasteiger partial charge on any atom is 0.233 e. The van der Waals surface area contributed by atoms with Gasteiger partial charge < -0.3 is 9.73 Å². The van der Waals surface area contributed by atoms with E-state index < -0.39 is 10.8 Å². The van der Waals surface area contributed by atoms with Gasteiger partial charge in [-0.1, -0.05) is 23.8 Å². The minimum Gasteiger partial charge on any atom is -0.467 e. The van der Waals surface area contributed by atoms with E-state index in [4.69, 9.17) is 4.42 Å². The van der Waals surface area contributed by atoms with Crippen LogP contribution in [0.4, 0.5) is 0 Å². The Bertz CT molecular complexity index is 635. The van der Waals surface area contributed by atoms with Crippen LogP contribution in [0.3, 0.4) is 0 Å². The summed E-state index contributed by atoms with van der Waals surface area (Å²) >= 11 is 0. The Morgan fingerprint density at radius 1 is 1.29 bits per heavy atom. The molecule has 112 valence electrons. The first-order valence-corrected chi connectivity index (χ1v) is 8.23. The van der Waals surface area contributed by atoms with E-state index in [0.717, 1.165) is 16.7 Å². The molecule has 0 radical (unpaired) electrons. The standard InChI is InChI=1S/C16H19NO3S/c1-12-5-6-13(2)14(8-12)10-21(19)11-16(18)17-9-15-4-3-7-20-15/h3-8H,9-11H2,1-2H3,(H,17,18)/t21-/m0/s1. The van der Waals surface area contributed by atoms with Crippen molar-refractivity contribution in [3.63, 3.8) is 0 Å². The highest BCUT2D eigenvalue weighted by Crippen LogP contribution is 2.13. The third-order valence-electron chi connectivity index (χ3n) is 3.15. The van der Waals surface area contributed by atoms with Crippen LogP contribution in [-0.4, -0.2) is 15.9 Å². The third-order valence-corrected chi connectivity index (χ3v) is 4.37. The van der Waals surface area contributed by atoms with Crippen LogP contribution in [0, 0.1) is 13.8 Å². The van der Waals surface area contributed by atoms with E-state index in [1.54, 1.807) is 18.4 Å². The lowest BCUT2D eigenvalue weighted by atomic mass is 10.1. The van der Waals surface area contributed by atoms with Gasteiger partial charge in [0, 0.05) is 16.6 Å². The largest absolute Gasteiger partial charge is 0.467 e.